The molecule has 6 aromatic heterocycles. The molecule has 0 bridgehead atoms. The van der Waals surface area contributed by atoms with Gasteiger partial charge in [-0.05, 0) is 73.9 Å². The Morgan fingerprint density at radius 3 is 2.38 bits per heavy atom. The predicted octanol–water partition coefficient (Wildman–Crippen LogP) is 8.68. The van der Waals surface area contributed by atoms with E-state index in [9.17, 15) is 10.4 Å². The average molecular weight is 759 g/mol. The molecule has 11 nitrogen and oxygen atoms in total. The molecule has 0 spiro atoms. The van der Waals surface area contributed by atoms with Crippen LogP contribution < -0.4 is 16.0 Å². The molecule has 270 valence electrons. The van der Waals surface area contributed by atoms with Gasteiger partial charge in [0, 0.05) is 69.7 Å². The molecule has 0 amide bonds. The van der Waals surface area contributed by atoms with Crippen LogP contribution in [-0.4, -0.2) is 48.1 Å². The average Bonchev–Trinajstić information content (AvgIpc) is 3.86. The first-order valence-electron chi connectivity index (χ1n) is 18.0. The molecule has 55 heavy (non-hydrogen) atoms. The van der Waals surface area contributed by atoms with Crippen molar-refractivity contribution in [2.75, 3.05) is 29.0 Å². The molecule has 1 fully saturated rings. The number of aliphatic hydroxyl groups excluding tert-OH is 1. The molecule has 8 aromatic rings. The van der Waals surface area contributed by atoms with Gasteiger partial charge < -0.3 is 21.1 Å². The van der Waals surface area contributed by atoms with Crippen LogP contribution in [0.25, 0.3) is 43.2 Å². The van der Waals surface area contributed by atoms with Crippen molar-refractivity contribution >= 4 is 66.2 Å². The summed E-state index contributed by atoms with van der Waals surface area (Å²) in [7, 11) is 0. The minimum absolute atomic E-state index is 0.421. The molecule has 0 saturated carbocycles. The molecule has 2 aromatic carbocycles. The summed E-state index contributed by atoms with van der Waals surface area (Å²) in [6.45, 7) is 1.83. The van der Waals surface area contributed by atoms with Crippen LogP contribution >= 0.6 is 22.7 Å². The van der Waals surface area contributed by atoms with E-state index in [4.69, 9.17) is 30.7 Å². The maximum atomic E-state index is 11.9. The normalized spacial score (nSPS) is 13.6. The summed E-state index contributed by atoms with van der Waals surface area (Å²) in [6.07, 6.45) is 6.77. The second-order valence-electron chi connectivity index (χ2n) is 13.4. The maximum absolute atomic E-state index is 11.9. The Balaban J connectivity index is 1.08. The number of fused-ring (bicyclic) bond motifs is 2. The molecule has 7 heterocycles. The van der Waals surface area contributed by atoms with E-state index < -0.39 is 6.10 Å². The van der Waals surface area contributed by atoms with E-state index in [1.54, 1.807) is 35.9 Å². The van der Waals surface area contributed by atoms with Gasteiger partial charge in [0.1, 0.15) is 33.2 Å². The number of aromatic nitrogens is 6. The van der Waals surface area contributed by atoms with E-state index in [1.165, 1.54) is 17.8 Å². The number of hydrogen-bond acceptors (Lipinski definition) is 13. The van der Waals surface area contributed by atoms with Gasteiger partial charge in [-0.2, -0.15) is 5.26 Å². The van der Waals surface area contributed by atoms with E-state index in [0.29, 0.717) is 45.7 Å². The first-order valence-corrected chi connectivity index (χ1v) is 19.7. The molecule has 1 atom stereocenters. The SMILES string of the molecule is N#Cc1cccc(-c2nc(Nc3cccc(-c4nc(N)c5cc(Cc6ccccn6)sc5n4)c3)c3cc(C(O)c4cccnc4N4CCCCC4)sc3n2)c1. The number of nitrogens with one attached hydrogen (secondary N) is 1. The van der Waals surface area contributed by atoms with Gasteiger partial charge in [-0.25, -0.2) is 24.9 Å². The van der Waals surface area contributed by atoms with Crippen LogP contribution in [0.2, 0.25) is 0 Å². The van der Waals surface area contributed by atoms with E-state index in [0.717, 1.165) is 79.6 Å². The maximum Gasteiger partial charge on any atom is 0.163 e. The molecular formula is C42H34N10OS2. The van der Waals surface area contributed by atoms with Crippen molar-refractivity contribution in [2.45, 2.75) is 31.8 Å². The molecule has 0 radical (unpaired) electrons. The van der Waals surface area contributed by atoms with Crippen LogP contribution in [0.15, 0.2) is 103 Å². The number of rotatable bonds is 9. The quantitative estimate of drug-likeness (QED) is 0.129. The van der Waals surface area contributed by atoms with E-state index in [2.05, 4.69) is 21.3 Å². The lowest BCUT2D eigenvalue weighted by Crippen LogP contribution is -2.31. The minimum atomic E-state index is -0.911. The van der Waals surface area contributed by atoms with Gasteiger partial charge in [0.05, 0.1) is 22.4 Å². The lowest BCUT2D eigenvalue weighted by atomic mass is 10.1. The first-order chi connectivity index (χ1) is 27.0. The van der Waals surface area contributed by atoms with E-state index in [1.807, 2.05) is 78.9 Å². The van der Waals surface area contributed by atoms with Crippen LogP contribution in [0.3, 0.4) is 0 Å². The molecule has 0 aliphatic carbocycles. The van der Waals surface area contributed by atoms with Crippen molar-refractivity contribution in [3.05, 3.63) is 130 Å². The molecular weight excluding hydrogens is 725 g/mol. The van der Waals surface area contributed by atoms with Crippen molar-refractivity contribution in [2.24, 2.45) is 0 Å². The number of anilines is 4. The standard InChI is InChI=1S/C42H34N10OS2/c43-24-25-9-6-10-26(19-25)38-49-39(33-23-34(55-42(33)51-38)35(53)31-14-8-16-46-40(31)52-17-4-1-5-18-52)47-29-13-7-11-27(20-29)37-48-36(44)32-22-30(54-41(32)50-37)21-28-12-2-3-15-45-28/h2-3,6-16,19-20,22-23,35,53H,1,4-5,17-18,21H2,(H2,44,48,50)(H,47,49,51). The van der Waals surface area contributed by atoms with Gasteiger partial charge in [0.25, 0.3) is 0 Å². The highest BCUT2D eigenvalue weighted by molar-refractivity contribution is 7.19. The van der Waals surface area contributed by atoms with Gasteiger partial charge in [-0.3, -0.25) is 4.98 Å². The Morgan fingerprint density at radius 1 is 0.782 bits per heavy atom. The topological polar surface area (TPSA) is 163 Å². The van der Waals surface area contributed by atoms with Crippen molar-refractivity contribution < 1.29 is 5.11 Å². The fraction of sp³-hybridized carbons (Fsp3) is 0.167. The van der Waals surface area contributed by atoms with Crippen molar-refractivity contribution in [3.63, 3.8) is 0 Å². The fourth-order valence-electron chi connectivity index (χ4n) is 6.94. The Morgan fingerprint density at radius 2 is 1.56 bits per heavy atom. The Labute approximate surface area is 324 Å². The first kappa shape index (κ1) is 34.4. The number of piperidine rings is 1. The molecule has 13 heteroatoms. The van der Waals surface area contributed by atoms with Gasteiger partial charge in [0.2, 0.25) is 0 Å². The fourth-order valence-corrected chi connectivity index (χ4v) is 9.02. The number of nitrogens with zero attached hydrogens (tertiary/aromatic N) is 8. The Bertz CT molecular complexity index is 2720. The zero-order chi connectivity index (χ0) is 37.3. The van der Waals surface area contributed by atoms with E-state index >= 15 is 0 Å². The number of thiophene rings is 2. The lowest BCUT2D eigenvalue weighted by molar-refractivity contribution is 0.224. The number of aliphatic hydroxyl groups is 1. The third-order valence-corrected chi connectivity index (χ3v) is 11.7. The molecule has 1 aliphatic heterocycles. The van der Waals surface area contributed by atoms with Crippen LogP contribution in [0.1, 0.15) is 51.9 Å². The summed E-state index contributed by atoms with van der Waals surface area (Å²) in [5.41, 5.74) is 11.0. The van der Waals surface area contributed by atoms with Gasteiger partial charge in [0.15, 0.2) is 11.6 Å². The van der Waals surface area contributed by atoms with Gasteiger partial charge >= 0.3 is 0 Å². The number of nitrogen functional groups attached to an aromatic ring is 1. The summed E-state index contributed by atoms with van der Waals surface area (Å²) >= 11 is 3.00. The summed E-state index contributed by atoms with van der Waals surface area (Å²) in [5.74, 6) is 2.77. The third-order valence-electron chi connectivity index (χ3n) is 9.64. The van der Waals surface area contributed by atoms with Crippen LogP contribution in [0, 0.1) is 11.3 Å². The number of nitriles is 1. The van der Waals surface area contributed by atoms with Crippen molar-refractivity contribution in [3.8, 4) is 28.8 Å². The van der Waals surface area contributed by atoms with Crippen LogP contribution in [0.4, 0.5) is 23.1 Å². The molecule has 1 aliphatic rings. The van der Waals surface area contributed by atoms with E-state index in [-0.39, 0.29) is 0 Å². The predicted molar refractivity (Wildman–Crippen MR) is 220 cm³/mol. The van der Waals surface area contributed by atoms with Crippen LogP contribution in [-0.2, 0) is 6.42 Å². The monoisotopic (exact) mass is 758 g/mol. The second-order valence-corrected chi connectivity index (χ2v) is 15.6. The number of nitrogens with two attached hydrogens (primary N) is 1. The van der Waals surface area contributed by atoms with Gasteiger partial charge in [-0.15, -0.1) is 22.7 Å². The summed E-state index contributed by atoms with van der Waals surface area (Å²) in [5, 5.41) is 26.6. The molecule has 1 saturated heterocycles. The lowest BCUT2D eigenvalue weighted by Gasteiger charge is -2.30. The number of benzene rings is 2. The highest BCUT2D eigenvalue weighted by atomic mass is 32.1. The number of pyridine rings is 2. The second kappa shape index (κ2) is 14.8. The van der Waals surface area contributed by atoms with Gasteiger partial charge in [-0.1, -0.05) is 36.4 Å². The largest absolute Gasteiger partial charge is 0.383 e. The third kappa shape index (κ3) is 7.06. The Hall–Kier alpha value is -6.33. The molecule has 4 N–H and O–H groups in total. The zero-order valence-electron chi connectivity index (χ0n) is 29.6. The Kier molecular flexibility index (Phi) is 9.29. The van der Waals surface area contributed by atoms with Crippen molar-refractivity contribution in [1.29, 1.82) is 5.26 Å². The number of hydrogen-bond donors (Lipinski definition) is 3. The zero-order valence-corrected chi connectivity index (χ0v) is 31.2. The molecule has 1 unspecified atom stereocenters. The molecule has 9 rings (SSSR count). The summed E-state index contributed by atoms with van der Waals surface area (Å²) in [4.78, 5) is 34.3. The highest BCUT2D eigenvalue weighted by Gasteiger charge is 2.24. The summed E-state index contributed by atoms with van der Waals surface area (Å²) in [6, 6.07) is 31.0. The van der Waals surface area contributed by atoms with Crippen molar-refractivity contribution in [1.82, 2.24) is 29.9 Å². The highest BCUT2D eigenvalue weighted by Crippen LogP contribution is 2.40. The van der Waals surface area contributed by atoms with Crippen LogP contribution in [0.5, 0.6) is 0 Å². The minimum Gasteiger partial charge on any atom is -0.383 e. The smallest absolute Gasteiger partial charge is 0.163 e. The summed E-state index contributed by atoms with van der Waals surface area (Å²) < 4.78 is 0.